The topological polar surface area (TPSA) is 45.2 Å². The summed E-state index contributed by atoms with van der Waals surface area (Å²) in [7, 11) is 0. The van der Waals surface area contributed by atoms with Gasteiger partial charge in [0, 0.05) is 35.7 Å². The molecule has 2 aromatic carbocycles. The molecule has 0 unspecified atom stereocenters. The van der Waals surface area contributed by atoms with E-state index in [4.69, 9.17) is 11.6 Å². The van der Waals surface area contributed by atoms with Gasteiger partial charge in [0.2, 0.25) is 0 Å². The van der Waals surface area contributed by atoms with Crippen molar-refractivity contribution in [2.75, 3.05) is 11.4 Å². The third-order valence-corrected chi connectivity index (χ3v) is 4.29. The summed E-state index contributed by atoms with van der Waals surface area (Å²) >= 11 is 5.88. The van der Waals surface area contributed by atoms with Crippen molar-refractivity contribution in [3.63, 3.8) is 0 Å². The maximum atomic E-state index is 12.5. The highest BCUT2D eigenvalue weighted by Crippen LogP contribution is 2.24. The number of halogens is 1. The molecule has 0 saturated heterocycles. The smallest absolute Gasteiger partial charge is 0.270 e. The second-order valence-corrected chi connectivity index (χ2v) is 6.22. The number of hydrogen-bond donors (Lipinski definition) is 1. The first kappa shape index (κ1) is 18.0. The molecule has 3 rings (SSSR count). The molecule has 132 valence electrons. The second kappa shape index (κ2) is 8.50. The van der Waals surface area contributed by atoms with Crippen LogP contribution in [0.2, 0.25) is 5.02 Å². The zero-order valence-corrected chi connectivity index (χ0v) is 15.3. The van der Waals surface area contributed by atoms with Gasteiger partial charge in [-0.05, 0) is 48.9 Å². The maximum absolute atomic E-state index is 12.5. The van der Waals surface area contributed by atoms with E-state index >= 15 is 0 Å². The minimum absolute atomic E-state index is 0.203. The van der Waals surface area contributed by atoms with E-state index in [-0.39, 0.29) is 5.91 Å². The molecule has 0 saturated carbocycles. The molecule has 0 aliphatic heterocycles. The van der Waals surface area contributed by atoms with E-state index in [0.717, 1.165) is 23.5 Å². The third kappa shape index (κ3) is 4.41. The van der Waals surface area contributed by atoms with Crippen molar-refractivity contribution in [3.05, 3.63) is 89.2 Å². The molecule has 0 radical (unpaired) electrons. The van der Waals surface area contributed by atoms with Crippen LogP contribution in [0.4, 0.5) is 11.4 Å². The van der Waals surface area contributed by atoms with Crippen LogP contribution >= 0.6 is 11.6 Å². The Balaban J connectivity index is 1.73. The average molecular weight is 366 g/mol. The largest absolute Gasteiger partial charge is 0.347 e. The Kier molecular flexibility index (Phi) is 5.87. The molecule has 3 aromatic rings. The van der Waals surface area contributed by atoms with Gasteiger partial charge in [0.05, 0.1) is 0 Å². The van der Waals surface area contributed by atoms with Crippen molar-refractivity contribution in [1.82, 2.24) is 10.3 Å². The first-order valence-electron chi connectivity index (χ1n) is 8.48. The van der Waals surface area contributed by atoms with Crippen molar-refractivity contribution in [3.8, 4) is 0 Å². The summed E-state index contributed by atoms with van der Waals surface area (Å²) in [5, 5.41) is 3.57. The molecular formula is C21H20ClN3O. The van der Waals surface area contributed by atoms with Crippen molar-refractivity contribution in [1.29, 1.82) is 0 Å². The predicted octanol–water partition coefficient (Wildman–Crippen LogP) is 4.82. The number of para-hydroxylation sites is 1. The molecule has 0 aliphatic carbocycles. The lowest BCUT2D eigenvalue weighted by atomic mass is 10.2. The van der Waals surface area contributed by atoms with E-state index in [2.05, 4.69) is 22.1 Å². The molecular weight excluding hydrogens is 346 g/mol. The normalized spacial score (nSPS) is 10.4. The van der Waals surface area contributed by atoms with Gasteiger partial charge in [-0.3, -0.25) is 9.78 Å². The molecule has 1 amide bonds. The van der Waals surface area contributed by atoms with Gasteiger partial charge in [-0.25, -0.2) is 0 Å². The van der Waals surface area contributed by atoms with Crippen molar-refractivity contribution in [2.45, 2.75) is 13.5 Å². The summed E-state index contributed by atoms with van der Waals surface area (Å²) in [5.74, 6) is -0.203. The van der Waals surface area contributed by atoms with E-state index in [1.807, 2.05) is 54.6 Å². The second-order valence-electron chi connectivity index (χ2n) is 5.79. The van der Waals surface area contributed by atoms with Gasteiger partial charge in [0.25, 0.3) is 5.91 Å². The lowest BCUT2D eigenvalue weighted by Crippen LogP contribution is -2.24. The minimum Gasteiger partial charge on any atom is -0.347 e. The van der Waals surface area contributed by atoms with Gasteiger partial charge in [0.1, 0.15) is 5.69 Å². The van der Waals surface area contributed by atoms with Crippen LogP contribution in [-0.2, 0) is 6.54 Å². The van der Waals surface area contributed by atoms with E-state index < -0.39 is 0 Å². The highest BCUT2D eigenvalue weighted by atomic mass is 35.5. The Morgan fingerprint density at radius 3 is 2.46 bits per heavy atom. The Hall–Kier alpha value is -2.85. The monoisotopic (exact) mass is 365 g/mol. The molecule has 0 atom stereocenters. The molecule has 1 heterocycles. The summed E-state index contributed by atoms with van der Waals surface area (Å²) in [5.41, 5.74) is 3.39. The predicted molar refractivity (Wildman–Crippen MR) is 106 cm³/mol. The van der Waals surface area contributed by atoms with Crippen LogP contribution < -0.4 is 10.2 Å². The highest BCUT2D eigenvalue weighted by Gasteiger charge is 2.12. The summed E-state index contributed by atoms with van der Waals surface area (Å²) < 4.78 is 0. The molecule has 1 N–H and O–H groups in total. The van der Waals surface area contributed by atoms with Gasteiger partial charge in [-0.2, -0.15) is 0 Å². The number of carbonyl (C=O) groups excluding carboxylic acids is 1. The van der Waals surface area contributed by atoms with E-state index in [9.17, 15) is 4.79 Å². The first-order valence-corrected chi connectivity index (χ1v) is 8.86. The highest BCUT2D eigenvalue weighted by molar-refractivity contribution is 6.30. The standard InChI is InChI=1S/C21H20ClN3O/c1-2-25(18-6-4-3-5-7-18)19-12-13-23-20(14-19)21(26)24-15-16-8-10-17(22)11-9-16/h3-14H,2,15H2,1H3,(H,24,26). The summed E-state index contributed by atoms with van der Waals surface area (Å²) in [6.45, 7) is 3.30. The number of nitrogens with one attached hydrogen (secondary N) is 1. The van der Waals surface area contributed by atoms with Gasteiger partial charge in [-0.15, -0.1) is 0 Å². The van der Waals surface area contributed by atoms with Gasteiger partial charge in [0.15, 0.2) is 0 Å². The van der Waals surface area contributed by atoms with E-state index in [1.54, 1.807) is 18.3 Å². The molecule has 5 heteroatoms. The number of amides is 1. The van der Waals surface area contributed by atoms with Crippen LogP contribution in [0.1, 0.15) is 23.0 Å². The Bertz CT molecular complexity index is 866. The summed E-state index contributed by atoms with van der Waals surface area (Å²) in [6.07, 6.45) is 1.66. The average Bonchev–Trinajstić information content (AvgIpc) is 2.69. The molecule has 0 fully saturated rings. The summed E-state index contributed by atoms with van der Waals surface area (Å²) in [4.78, 5) is 18.8. The fourth-order valence-electron chi connectivity index (χ4n) is 2.71. The third-order valence-electron chi connectivity index (χ3n) is 4.04. The molecule has 4 nitrogen and oxygen atoms in total. The minimum atomic E-state index is -0.203. The van der Waals surface area contributed by atoms with Crippen LogP contribution in [0.5, 0.6) is 0 Å². The lowest BCUT2D eigenvalue weighted by molar-refractivity contribution is 0.0946. The number of hydrogen-bond acceptors (Lipinski definition) is 3. The summed E-state index contributed by atoms with van der Waals surface area (Å²) in [6, 6.07) is 21.2. The Morgan fingerprint density at radius 2 is 1.77 bits per heavy atom. The molecule has 0 spiro atoms. The zero-order chi connectivity index (χ0) is 18.4. The fraction of sp³-hybridized carbons (Fsp3) is 0.143. The van der Waals surface area contributed by atoms with Crippen LogP contribution in [0.15, 0.2) is 72.9 Å². The number of nitrogens with zero attached hydrogens (tertiary/aromatic N) is 2. The van der Waals surface area contributed by atoms with Crippen LogP contribution in [0, 0.1) is 0 Å². The quantitative estimate of drug-likeness (QED) is 0.681. The molecule has 0 bridgehead atoms. The van der Waals surface area contributed by atoms with Gasteiger partial charge < -0.3 is 10.2 Å². The van der Waals surface area contributed by atoms with Gasteiger partial charge >= 0.3 is 0 Å². The lowest BCUT2D eigenvalue weighted by Gasteiger charge is -2.23. The van der Waals surface area contributed by atoms with Crippen molar-refractivity contribution < 1.29 is 4.79 Å². The first-order chi connectivity index (χ1) is 12.7. The van der Waals surface area contributed by atoms with Crippen LogP contribution in [-0.4, -0.2) is 17.4 Å². The number of aromatic nitrogens is 1. The fourth-order valence-corrected chi connectivity index (χ4v) is 2.83. The van der Waals surface area contributed by atoms with Crippen molar-refractivity contribution in [2.24, 2.45) is 0 Å². The maximum Gasteiger partial charge on any atom is 0.270 e. The van der Waals surface area contributed by atoms with Crippen LogP contribution in [0.25, 0.3) is 0 Å². The molecule has 0 aliphatic rings. The number of rotatable bonds is 6. The van der Waals surface area contributed by atoms with Crippen molar-refractivity contribution >= 4 is 28.9 Å². The molecule has 26 heavy (non-hydrogen) atoms. The van der Waals surface area contributed by atoms with E-state index in [1.165, 1.54) is 0 Å². The zero-order valence-electron chi connectivity index (χ0n) is 14.5. The Morgan fingerprint density at radius 1 is 1.04 bits per heavy atom. The van der Waals surface area contributed by atoms with Gasteiger partial charge in [-0.1, -0.05) is 41.9 Å². The Labute approximate surface area is 158 Å². The number of carbonyl (C=O) groups is 1. The SMILES string of the molecule is CCN(c1ccccc1)c1ccnc(C(=O)NCc2ccc(Cl)cc2)c1. The number of pyridine rings is 1. The van der Waals surface area contributed by atoms with Crippen LogP contribution in [0.3, 0.4) is 0 Å². The molecule has 1 aromatic heterocycles. The number of anilines is 2. The number of benzene rings is 2. The van der Waals surface area contributed by atoms with E-state index in [0.29, 0.717) is 17.3 Å².